The molecule has 0 saturated carbocycles. The van der Waals surface area contributed by atoms with Crippen molar-refractivity contribution in [2.45, 2.75) is 26.4 Å². The van der Waals surface area contributed by atoms with Gasteiger partial charge in [-0.3, -0.25) is 4.21 Å². The van der Waals surface area contributed by atoms with Crippen molar-refractivity contribution in [3.8, 4) is 0 Å². The van der Waals surface area contributed by atoms with Crippen LogP contribution in [0.2, 0.25) is 0 Å². The van der Waals surface area contributed by atoms with E-state index in [1.807, 2.05) is 30.3 Å². The zero-order valence-electron chi connectivity index (χ0n) is 12.6. The van der Waals surface area contributed by atoms with Crippen LogP contribution in [0.3, 0.4) is 0 Å². The standard InChI is InChI=1S/C16H25NO3S/c1-14-7-9-17-10-12-21(19,11-8-14)16(18)20-13-15-5-3-2-4-6-15/h2-6,14,17,21H,7-13H2,1H3/t14-/m0/s1. The quantitative estimate of drug-likeness (QED) is 0.650. The highest BCUT2D eigenvalue weighted by Gasteiger charge is 2.27. The van der Waals surface area contributed by atoms with Crippen LogP contribution in [0.25, 0.3) is 0 Å². The molecule has 1 aromatic rings. The third kappa shape index (κ3) is 4.93. The molecule has 1 fully saturated rings. The van der Waals surface area contributed by atoms with Crippen LogP contribution in [-0.4, -0.2) is 34.1 Å². The van der Waals surface area contributed by atoms with E-state index in [2.05, 4.69) is 12.2 Å². The topological polar surface area (TPSA) is 55.4 Å². The molecule has 0 unspecified atom stereocenters. The molecule has 0 aromatic heterocycles. The average Bonchev–Trinajstić information content (AvgIpc) is 2.58. The molecule has 0 aliphatic carbocycles. The summed E-state index contributed by atoms with van der Waals surface area (Å²) in [5.74, 6) is 1.38. The van der Waals surface area contributed by atoms with Crippen LogP contribution in [-0.2, 0) is 21.3 Å². The van der Waals surface area contributed by atoms with Gasteiger partial charge in [0.05, 0.1) is 0 Å². The van der Waals surface area contributed by atoms with Gasteiger partial charge >= 0.3 is 5.30 Å². The minimum absolute atomic E-state index is 0.201. The van der Waals surface area contributed by atoms with E-state index in [0.717, 1.165) is 24.9 Å². The third-order valence-corrected chi connectivity index (χ3v) is 6.71. The molecule has 5 heteroatoms. The largest absolute Gasteiger partial charge is 0.452 e. The summed E-state index contributed by atoms with van der Waals surface area (Å²) in [6.45, 7) is 3.91. The highest BCUT2D eigenvalue weighted by Crippen LogP contribution is 2.18. The van der Waals surface area contributed by atoms with Crippen molar-refractivity contribution in [1.82, 2.24) is 5.32 Å². The first kappa shape index (κ1) is 16.2. The minimum Gasteiger partial charge on any atom is -0.452 e. The number of benzene rings is 1. The SMILES string of the molecule is C[C@H]1CCNCC[SH](=O)(C(=O)OCc2ccccc2)CC1. The molecule has 0 spiro atoms. The number of hydrogen-bond acceptors (Lipinski definition) is 4. The number of ether oxygens (including phenoxy) is 1. The van der Waals surface area contributed by atoms with Gasteiger partial charge in [-0.2, -0.15) is 0 Å². The van der Waals surface area contributed by atoms with Crippen molar-refractivity contribution >= 4 is 15.2 Å². The normalized spacial score (nSPS) is 24.1. The summed E-state index contributed by atoms with van der Waals surface area (Å²) in [6.07, 6.45) is 1.90. The summed E-state index contributed by atoms with van der Waals surface area (Å²) >= 11 is 0. The lowest BCUT2D eigenvalue weighted by molar-refractivity contribution is 0.166. The van der Waals surface area contributed by atoms with E-state index >= 15 is 0 Å². The molecule has 4 nitrogen and oxygen atoms in total. The number of carbonyl (C=O) groups is 1. The molecule has 1 atom stereocenters. The minimum atomic E-state index is -2.90. The molecule has 1 saturated heterocycles. The Balaban J connectivity index is 1.95. The Labute approximate surface area is 127 Å². The van der Waals surface area contributed by atoms with Crippen LogP contribution in [0, 0.1) is 5.92 Å². The van der Waals surface area contributed by atoms with Gasteiger partial charge in [0.2, 0.25) is 0 Å². The van der Waals surface area contributed by atoms with Crippen molar-refractivity contribution in [3.63, 3.8) is 0 Å². The molecule has 1 heterocycles. The van der Waals surface area contributed by atoms with Crippen LogP contribution in [0.4, 0.5) is 4.79 Å². The van der Waals surface area contributed by atoms with Gasteiger partial charge in [-0.05, 0) is 40.8 Å². The molecule has 118 valence electrons. The molecule has 1 aliphatic heterocycles. The molecule has 21 heavy (non-hydrogen) atoms. The fraction of sp³-hybridized carbons (Fsp3) is 0.562. The maximum atomic E-state index is 12.9. The van der Waals surface area contributed by atoms with Crippen molar-refractivity contribution in [2.24, 2.45) is 5.92 Å². The Bertz CT molecular complexity index is 504. The molecule has 0 amide bonds. The van der Waals surface area contributed by atoms with Crippen molar-refractivity contribution < 1.29 is 13.7 Å². The first-order valence-corrected chi connectivity index (χ1v) is 9.68. The zero-order valence-corrected chi connectivity index (χ0v) is 13.5. The van der Waals surface area contributed by atoms with Gasteiger partial charge in [0, 0.05) is 18.1 Å². The molecule has 0 radical (unpaired) electrons. The Morgan fingerprint density at radius 1 is 1.24 bits per heavy atom. The van der Waals surface area contributed by atoms with Crippen LogP contribution in [0.15, 0.2) is 30.3 Å². The van der Waals surface area contributed by atoms with Gasteiger partial charge in [0.1, 0.15) is 6.61 Å². The number of thiol groups is 1. The van der Waals surface area contributed by atoms with E-state index in [9.17, 15) is 9.00 Å². The maximum absolute atomic E-state index is 12.9. The van der Waals surface area contributed by atoms with E-state index in [4.69, 9.17) is 4.74 Å². The summed E-state index contributed by atoms with van der Waals surface area (Å²) < 4.78 is 18.2. The number of nitrogens with one attached hydrogen (secondary N) is 1. The van der Waals surface area contributed by atoms with Gasteiger partial charge in [-0.25, -0.2) is 4.79 Å². The molecular weight excluding hydrogens is 286 g/mol. The van der Waals surface area contributed by atoms with E-state index in [-0.39, 0.29) is 6.61 Å². The van der Waals surface area contributed by atoms with Crippen LogP contribution in [0.1, 0.15) is 25.3 Å². The number of hydrogen-bond donors (Lipinski definition) is 2. The van der Waals surface area contributed by atoms with Gasteiger partial charge in [-0.15, -0.1) is 0 Å². The Kier molecular flexibility index (Phi) is 5.94. The summed E-state index contributed by atoms with van der Waals surface area (Å²) in [5, 5.41) is 2.76. The molecule has 2 rings (SSSR count). The van der Waals surface area contributed by atoms with Gasteiger partial charge in [-0.1, -0.05) is 37.3 Å². The highest BCUT2D eigenvalue weighted by atomic mass is 32.2. The predicted octanol–water partition coefficient (Wildman–Crippen LogP) is 2.36. The summed E-state index contributed by atoms with van der Waals surface area (Å²) in [5.41, 5.74) is 0.924. The molecular formula is C16H25NO3S. The second-order valence-corrected chi connectivity index (χ2v) is 8.85. The number of carbonyl (C=O) groups excluding carboxylic acids is 1. The third-order valence-electron chi connectivity index (χ3n) is 3.98. The molecule has 1 aromatic carbocycles. The molecule has 0 bridgehead atoms. The fourth-order valence-electron chi connectivity index (χ4n) is 2.44. The van der Waals surface area contributed by atoms with Crippen LogP contribution < -0.4 is 5.32 Å². The molecule has 1 aliphatic rings. The summed E-state index contributed by atoms with van der Waals surface area (Å²) in [7, 11) is -2.90. The van der Waals surface area contributed by atoms with E-state index < -0.39 is 15.2 Å². The monoisotopic (exact) mass is 311 g/mol. The second kappa shape index (κ2) is 7.71. The number of rotatable bonds is 2. The van der Waals surface area contributed by atoms with Gasteiger partial charge in [0.25, 0.3) is 0 Å². The molecule has 1 N–H and O–H groups in total. The smallest absolute Gasteiger partial charge is 0.374 e. The van der Waals surface area contributed by atoms with Gasteiger partial charge in [0.15, 0.2) is 0 Å². The average molecular weight is 311 g/mol. The predicted molar refractivity (Wildman–Crippen MR) is 87.2 cm³/mol. The first-order valence-electron chi connectivity index (χ1n) is 7.60. The Morgan fingerprint density at radius 2 is 2.00 bits per heavy atom. The van der Waals surface area contributed by atoms with Crippen molar-refractivity contribution in [2.75, 3.05) is 24.6 Å². The van der Waals surface area contributed by atoms with Crippen LogP contribution in [0.5, 0.6) is 0 Å². The first-order chi connectivity index (χ1) is 10.1. The van der Waals surface area contributed by atoms with E-state index in [1.54, 1.807) is 0 Å². The van der Waals surface area contributed by atoms with Crippen molar-refractivity contribution in [3.05, 3.63) is 35.9 Å². The fourth-order valence-corrected chi connectivity index (χ4v) is 4.70. The zero-order chi connectivity index (χ0) is 15.1. The van der Waals surface area contributed by atoms with Crippen molar-refractivity contribution in [1.29, 1.82) is 0 Å². The van der Waals surface area contributed by atoms with E-state index in [0.29, 0.717) is 24.0 Å². The lowest BCUT2D eigenvalue weighted by Crippen LogP contribution is -2.35. The van der Waals surface area contributed by atoms with Crippen LogP contribution >= 0.6 is 0 Å². The lowest BCUT2D eigenvalue weighted by Gasteiger charge is -2.22. The maximum Gasteiger partial charge on any atom is 0.374 e. The Hall–Kier alpha value is -1.20. The Morgan fingerprint density at radius 3 is 2.76 bits per heavy atom. The lowest BCUT2D eigenvalue weighted by atomic mass is 10.1. The summed E-state index contributed by atoms with van der Waals surface area (Å²) in [4.78, 5) is 12.3. The summed E-state index contributed by atoms with van der Waals surface area (Å²) in [6, 6.07) is 9.51. The van der Waals surface area contributed by atoms with Gasteiger partial charge < -0.3 is 10.1 Å². The second-order valence-electron chi connectivity index (χ2n) is 5.81. The van der Waals surface area contributed by atoms with E-state index in [1.165, 1.54) is 0 Å². The highest BCUT2D eigenvalue weighted by molar-refractivity contribution is 8.16.